The molecule has 3 heterocycles. The predicted octanol–water partition coefficient (Wildman–Crippen LogP) is 15.3. The van der Waals surface area contributed by atoms with Crippen LogP contribution in [0.2, 0.25) is 0 Å². The van der Waals surface area contributed by atoms with E-state index in [1.165, 1.54) is 48.4 Å². The molecule has 12 aromatic rings. The van der Waals surface area contributed by atoms with E-state index in [0.29, 0.717) is 17.5 Å². The molecule has 9 aromatic carbocycles. The fourth-order valence-corrected chi connectivity index (χ4v) is 10.3. The number of nitrogens with zero attached hydrogens (tertiary/aromatic N) is 4. The van der Waals surface area contributed by atoms with Crippen LogP contribution in [0, 0.1) is 0 Å². The Kier molecular flexibility index (Phi) is 8.65. The van der Waals surface area contributed by atoms with Crippen molar-refractivity contribution in [3.05, 3.63) is 218 Å². The van der Waals surface area contributed by atoms with Gasteiger partial charge in [0.2, 0.25) is 0 Å². The molecule has 0 spiro atoms. The summed E-state index contributed by atoms with van der Waals surface area (Å²) < 4.78 is 4.78. The van der Waals surface area contributed by atoms with Crippen LogP contribution in [-0.4, -0.2) is 19.5 Å². The van der Waals surface area contributed by atoms with Crippen molar-refractivity contribution in [2.75, 3.05) is 0 Å². The van der Waals surface area contributed by atoms with Crippen LogP contribution in [0.1, 0.15) is 0 Å². The van der Waals surface area contributed by atoms with E-state index >= 15 is 0 Å². The zero-order valence-corrected chi connectivity index (χ0v) is 34.3. The van der Waals surface area contributed by atoms with Gasteiger partial charge < -0.3 is 4.57 Å². The zero-order valence-electron chi connectivity index (χ0n) is 33.5. The van der Waals surface area contributed by atoms with Crippen molar-refractivity contribution >= 4 is 53.3 Å². The van der Waals surface area contributed by atoms with Gasteiger partial charge in [0, 0.05) is 53.2 Å². The summed E-state index contributed by atoms with van der Waals surface area (Å²) in [5, 5.41) is 4.90. The molecular formula is C57H36N4S. The molecule has 0 aliphatic rings. The molecule has 0 atom stereocenters. The zero-order chi connectivity index (χ0) is 41.0. The van der Waals surface area contributed by atoms with E-state index in [1.54, 1.807) is 11.3 Å². The van der Waals surface area contributed by atoms with Gasteiger partial charge in [-0.25, -0.2) is 15.0 Å². The van der Waals surface area contributed by atoms with Crippen molar-refractivity contribution in [3.63, 3.8) is 0 Å². The van der Waals surface area contributed by atoms with Gasteiger partial charge in [0.05, 0.1) is 16.7 Å². The normalized spacial score (nSPS) is 11.5. The fourth-order valence-electron chi connectivity index (χ4n) is 9.02. The average molecular weight is 809 g/mol. The van der Waals surface area contributed by atoms with Crippen molar-refractivity contribution in [2.45, 2.75) is 0 Å². The van der Waals surface area contributed by atoms with E-state index < -0.39 is 0 Å². The van der Waals surface area contributed by atoms with Crippen LogP contribution in [0.5, 0.6) is 0 Å². The molecule has 5 heteroatoms. The van der Waals surface area contributed by atoms with Gasteiger partial charge in [0.1, 0.15) is 0 Å². The van der Waals surface area contributed by atoms with Crippen molar-refractivity contribution in [2.24, 2.45) is 0 Å². The minimum absolute atomic E-state index is 0.628. The molecule has 0 fully saturated rings. The molecule has 12 rings (SSSR count). The van der Waals surface area contributed by atoms with E-state index in [-0.39, 0.29) is 0 Å². The lowest BCUT2D eigenvalue weighted by molar-refractivity contribution is 1.08. The summed E-state index contributed by atoms with van der Waals surface area (Å²) in [6.07, 6.45) is 0. The second kappa shape index (κ2) is 14.9. The highest BCUT2D eigenvalue weighted by Gasteiger charge is 2.21. The Labute approximate surface area is 362 Å². The first-order chi connectivity index (χ1) is 30.7. The standard InChI is InChI=1S/C57H36N4S/c1-4-18-37(19-5-1)40-34-41(38-20-6-2-7-21-38)36-42(35-40)56-58-55(39-22-8-3-9-23-39)59-57(60-56)48-29-16-28-47-53-46(27-17-33-52(53)62-54(47)48)45-26-12-15-32-51(45)61-49-30-13-10-24-43(49)44-25-11-14-31-50(44)61/h1-36H. The van der Waals surface area contributed by atoms with Gasteiger partial charge in [-0.15, -0.1) is 11.3 Å². The minimum atomic E-state index is 0.628. The monoisotopic (exact) mass is 808 g/mol. The largest absolute Gasteiger partial charge is 0.309 e. The molecule has 290 valence electrons. The molecule has 0 aliphatic heterocycles. The molecule has 0 bridgehead atoms. The third-order valence-electron chi connectivity index (χ3n) is 11.9. The fraction of sp³-hybridized carbons (Fsp3) is 0. The third kappa shape index (κ3) is 6.09. The van der Waals surface area contributed by atoms with Crippen LogP contribution >= 0.6 is 11.3 Å². The van der Waals surface area contributed by atoms with Gasteiger partial charge in [0.25, 0.3) is 0 Å². The Balaban J connectivity index is 1.07. The van der Waals surface area contributed by atoms with Gasteiger partial charge >= 0.3 is 0 Å². The highest BCUT2D eigenvalue weighted by molar-refractivity contribution is 7.26. The number of hydrogen-bond donors (Lipinski definition) is 0. The molecule has 0 radical (unpaired) electrons. The topological polar surface area (TPSA) is 43.6 Å². The third-order valence-corrected chi connectivity index (χ3v) is 13.1. The number of aromatic nitrogens is 4. The van der Waals surface area contributed by atoms with Crippen LogP contribution in [0.3, 0.4) is 0 Å². The summed E-state index contributed by atoms with van der Waals surface area (Å²) in [7, 11) is 0. The van der Waals surface area contributed by atoms with Crippen molar-refractivity contribution in [1.29, 1.82) is 0 Å². The molecule has 62 heavy (non-hydrogen) atoms. The van der Waals surface area contributed by atoms with Crippen LogP contribution in [0.4, 0.5) is 0 Å². The maximum atomic E-state index is 5.36. The Bertz CT molecular complexity index is 3520. The number of rotatable bonds is 7. The summed E-state index contributed by atoms with van der Waals surface area (Å²) in [6, 6.07) is 77.4. The second-order valence-electron chi connectivity index (χ2n) is 15.6. The minimum Gasteiger partial charge on any atom is -0.309 e. The summed E-state index contributed by atoms with van der Waals surface area (Å²) >= 11 is 1.80. The number of hydrogen-bond acceptors (Lipinski definition) is 4. The lowest BCUT2D eigenvalue weighted by atomic mass is 9.95. The Hall–Kier alpha value is -7.99. The Morgan fingerprint density at radius 2 is 0.790 bits per heavy atom. The van der Waals surface area contributed by atoms with Gasteiger partial charge in [-0.2, -0.15) is 0 Å². The summed E-state index contributed by atoms with van der Waals surface area (Å²) in [4.78, 5) is 15.8. The van der Waals surface area contributed by atoms with E-state index in [1.807, 2.05) is 18.2 Å². The molecule has 0 aliphatic carbocycles. The molecule has 0 N–H and O–H groups in total. The maximum Gasteiger partial charge on any atom is 0.165 e. The van der Waals surface area contributed by atoms with Gasteiger partial charge in [-0.1, -0.05) is 170 Å². The number of thiophene rings is 1. The Morgan fingerprint density at radius 3 is 1.45 bits per heavy atom. The number of benzene rings is 9. The van der Waals surface area contributed by atoms with Crippen LogP contribution in [0.15, 0.2) is 218 Å². The number of fused-ring (bicyclic) bond motifs is 6. The molecule has 0 amide bonds. The van der Waals surface area contributed by atoms with Gasteiger partial charge in [0.15, 0.2) is 17.5 Å². The van der Waals surface area contributed by atoms with E-state index in [9.17, 15) is 0 Å². The van der Waals surface area contributed by atoms with E-state index in [2.05, 4.69) is 205 Å². The second-order valence-corrected chi connectivity index (χ2v) is 16.6. The summed E-state index contributed by atoms with van der Waals surface area (Å²) in [6.45, 7) is 0. The molecule has 0 unspecified atom stereocenters. The lowest BCUT2D eigenvalue weighted by Crippen LogP contribution is -2.00. The van der Waals surface area contributed by atoms with Crippen molar-refractivity contribution in [3.8, 4) is 73.2 Å². The van der Waals surface area contributed by atoms with Crippen molar-refractivity contribution in [1.82, 2.24) is 19.5 Å². The highest BCUT2D eigenvalue weighted by Crippen LogP contribution is 2.46. The first-order valence-corrected chi connectivity index (χ1v) is 21.7. The summed E-state index contributed by atoms with van der Waals surface area (Å²) in [5.41, 5.74) is 13.2. The van der Waals surface area contributed by atoms with Gasteiger partial charge in [-0.05, 0) is 76.3 Å². The van der Waals surface area contributed by atoms with Crippen LogP contribution < -0.4 is 0 Å². The van der Waals surface area contributed by atoms with Gasteiger partial charge in [-0.3, -0.25) is 0 Å². The number of para-hydroxylation sites is 3. The SMILES string of the molecule is c1ccc(-c2cc(-c3ccccc3)cc(-c3nc(-c4ccccc4)nc(-c4cccc5c4sc4cccc(-c6ccccc6-n6c7ccccc7c7ccccc76)c45)n3)c2)cc1. The quantitative estimate of drug-likeness (QED) is 0.161. The van der Waals surface area contributed by atoms with E-state index in [0.717, 1.165) is 49.3 Å². The smallest absolute Gasteiger partial charge is 0.165 e. The average Bonchev–Trinajstić information content (AvgIpc) is 3.91. The van der Waals surface area contributed by atoms with Crippen LogP contribution in [-0.2, 0) is 0 Å². The highest BCUT2D eigenvalue weighted by atomic mass is 32.1. The molecule has 0 saturated heterocycles. The first-order valence-electron chi connectivity index (χ1n) is 20.9. The summed E-state index contributed by atoms with van der Waals surface area (Å²) in [5.74, 6) is 1.91. The molecule has 0 saturated carbocycles. The maximum absolute atomic E-state index is 5.36. The van der Waals surface area contributed by atoms with E-state index in [4.69, 9.17) is 15.0 Å². The predicted molar refractivity (Wildman–Crippen MR) is 260 cm³/mol. The lowest BCUT2D eigenvalue weighted by Gasteiger charge is -2.15. The molecule has 4 nitrogen and oxygen atoms in total. The first kappa shape index (κ1) is 35.9. The van der Waals surface area contributed by atoms with Crippen molar-refractivity contribution < 1.29 is 0 Å². The molecular weight excluding hydrogens is 773 g/mol. The van der Waals surface area contributed by atoms with Crippen LogP contribution in [0.25, 0.3) is 115 Å². The molecule has 3 aromatic heterocycles. The Morgan fingerprint density at radius 1 is 0.323 bits per heavy atom.